The minimum Gasteiger partial charge on any atom is -0.399 e. The highest BCUT2D eigenvalue weighted by Gasteiger charge is 1.99. The Labute approximate surface area is 239 Å². The van der Waals surface area contributed by atoms with Crippen LogP contribution in [-0.2, 0) is 16.0 Å². The van der Waals surface area contributed by atoms with Crippen molar-refractivity contribution in [3.8, 4) is 0 Å². The maximum absolute atomic E-state index is 11.8. The van der Waals surface area contributed by atoms with E-state index in [4.69, 9.17) is 17.3 Å². The molecule has 0 amide bonds. The van der Waals surface area contributed by atoms with E-state index < -0.39 is 5.24 Å². The molecule has 188 valence electrons. The number of anilines is 1. The van der Waals surface area contributed by atoms with Crippen molar-refractivity contribution in [3.63, 3.8) is 0 Å². The van der Waals surface area contributed by atoms with Crippen LogP contribution in [0.3, 0.4) is 0 Å². The minimum atomic E-state index is -0.450. The van der Waals surface area contributed by atoms with Gasteiger partial charge >= 0.3 is 0 Å². The third-order valence-electron chi connectivity index (χ3n) is 4.63. The fraction of sp³-hybridized carbons (Fsp3) is 0.0323. The van der Waals surface area contributed by atoms with E-state index in [-0.39, 0.29) is 5.78 Å². The van der Waals surface area contributed by atoms with Gasteiger partial charge in [-0.2, -0.15) is 0 Å². The number of carbonyl (C=O) groups is 2. The number of allylic oxidation sites excluding steroid dienone is 2. The number of ketones is 1. The van der Waals surface area contributed by atoms with E-state index in [1.807, 2.05) is 115 Å². The third-order valence-corrected chi connectivity index (χ3v) is 5.81. The first-order chi connectivity index (χ1) is 17.8. The quantitative estimate of drug-likeness (QED) is 0.130. The Hall–Kier alpha value is -3.25. The van der Waals surface area contributed by atoms with Crippen LogP contribution in [-0.4, -0.2) is 11.0 Å². The molecule has 0 aliphatic carbocycles. The van der Waals surface area contributed by atoms with Crippen molar-refractivity contribution >= 4 is 72.3 Å². The molecule has 4 aromatic rings. The molecule has 4 aromatic carbocycles. The van der Waals surface area contributed by atoms with Gasteiger partial charge in [0.1, 0.15) is 0 Å². The number of rotatable bonds is 6. The first kappa shape index (κ1) is 30.0. The summed E-state index contributed by atoms with van der Waals surface area (Å²) in [6, 6.07) is 34.7. The van der Waals surface area contributed by atoms with Crippen molar-refractivity contribution in [1.82, 2.24) is 0 Å². The van der Waals surface area contributed by atoms with Crippen LogP contribution in [0.15, 0.2) is 130 Å². The largest absolute Gasteiger partial charge is 0.399 e. The molecule has 0 aliphatic rings. The van der Waals surface area contributed by atoms with Crippen molar-refractivity contribution in [2.24, 2.45) is 0 Å². The zero-order chi connectivity index (χ0) is 26.9. The summed E-state index contributed by atoms with van der Waals surface area (Å²) < 4.78 is 2.09. The van der Waals surface area contributed by atoms with Gasteiger partial charge in [0.15, 0.2) is 5.78 Å². The second-order valence-electron chi connectivity index (χ2n) is 7.61. The standard InChI is InChI=1S/C16H13BrO.C9H7ClO.C6H6BrN/c17-15-9-6-14(7-10-15)12-16(18)11-8-13-4-2-1-3-5-13;10-9(11)7-6-8-4-2-1-3-5-8;7-5-1-3-6(8)4-2-5/h1-11H,12H2;1-7H;1-4H,8H2/b11-8+;7-6-;. The molecule has 6 heteroatoms. The molecule has 0 heterocycles. The molecule has 37 heavy (non-hydrogen) atoms. The molecule has 0 radical (unpaired) electrons. The molecule has 3 nitrogen and oxygen atoms in total. The Morgan fingerprint density at radius 2 is 1.08 bits per heavy atom. The van der Waals surface area contributed by atoms with Gasteiger partial charge in [0.2, 0.25) is 5.24 Å². The van der Waals surface area contributed by atoms with Gasteiger partial charge in [-0.1, -0.05) is 117 Å². The van der Waals surface area contributed by atoms with Gasteiger partial charge in [-0.25, -0.2) is 0 Å². The predicted molar refractivity (Wildman–Crippen MR) is 163 cm³/mol. The molecule has 0 spiro atoms. The van der Waals surface area contributed by atoms with Crippen LogP contribution in [0.25, 0.3) is 12.2 Å². The third kappa shape index (κ3) is 14.2. The molecule has 0 atom stereocenters. The van der Waals surface area contributed by atoms with E-state index in [9.17, 15) is 9.59 Å². The van der Waals surface area contributed by atoms with Gasteiger partial charge in [-0.05, 0) is 76.8 Å². The Morgan fingerprint density at radius 3 is 1.51 bits per heavy atom. The number of nitrogen functional groups attached to an aromatic ring is 1. The molecule has 0 saturated carbocycles. The lowest BCUT2D eigenvalue weighted by Gasteiger charge is -1.98. The van der Waals surface area contributed by atoms with Crippen molar-refractivity contribution < 1.29 is 9.59 Å². The zero-order valence-electron chi connectivity index (χ0n) is 19.9. The maximum atomic E-state index is 11.8. The van der Waals surface area contributed by atoms with Crippen LogP contribution >= 0.6 is 43.5 Å². The highest BCUT2D eigenvalue weighted by Crippen LogP contribution is 2.12. The van der Waals surface area contributed by atoms with Gasteiger partial charge in [-0.15, -0.1) is 0 Å². The molecular formula is C31H26Br2ClNO2. The average Bonchev–Trinajstić information content (AvgIpc) is 2.91. The van der Waals surface area contributed by atoms with Crippen LogP contribution in [0.2, 0.25) is 0 Å². The highest BCUT2D eigenvalue weighted by molar-refractivity contribution is 9.10. The minimum absolute atomic E-state index is 0.112. The van der Waals surface area contributed by atoms with Crippen molar-refractivity contribution in [3.05, 3.63) is 147 Å². The summed E-state index contributed by atoms with van der Waals surface area (Å²) in [6.07, 6.45) is 6.93. The molecule has 4 rings (SSSR count). The second kappa shape index (κ2) is 17.2. The molecule has 0 aromatic heterocycles. The van der Waals surface area contributed by atoms with Crippen LogP contribution in [0.1, 0.15) is 16.7 Å². The topological polar surface area (TPSA) is 60.2 Å². The molecule has 0 saturated heterocycles. The van der Waals surface area contributed by atoms with Gasteiger partial charge in [0.05, 0.1) is 0 Å². The van der Waals surface area contributed by atoms with Crippen LogP contribution in [0.4, 0.5) is 5.69 Å². The Bertz CT molecular complexity index is 1270. The number of carbonyl (C=O) groups excluding carboxylic acids is 2. The number of hydrogen-bond acceptors (Lipinski definition) is 3. The van der Waals surface area contributed by atoms with Crippen LogP contribution in [0.5, 0.6) is 0 Å². The van der Waals surface area contributed by atoms with Gasteiger partial charge < -0.3 is 5.73 Å². The van der Waals surface area contributed by atoms with Crippen LogP contribution < -0.4 is 5.73 Å². The van der Waals surface area contributed by atoms with Crippen molar-refractivity contribution in [2.75, 3.05) is 5.73 Å². The average molecular weight is 640 g/mol. The second-order valence-corrected chi connectivity index (χ2v) is 9.82. The molecule has 0 fully saturated rings. The Morgan fingerprint density at radius 1 is 0.649 bits per heavy atom. The lowest BCUT2D eigenvalue weighted by atomic mass is 10.1. The van der Waals surface area contributed by atoms with E-state index >= 15 is 0 Å². The Balaban J connectivity index is 0.000000215. The molecule has 0 aliphatic heterocycles. The lowest BCUT2D eigenvalue weighted by molar-refractivity contribution is -0.114. The van der Waals surface area contributed by atoms with Gasteiger partial charge in [-0.3, -0.25) is 9.59 Å². The molecule has 0 bridgehead atoms. The maximum Gasteiger partial charge on any atom is 0.245 e. The normalized spacial score (nSPS) is 10.2. The first-order valence-electron chi connectivity index (χ1n) is 11.3. The van der Waals surface area contributed by atoms with E-state index in [2.05, 4.69) is 31.9 Å². The van der Waals surface area contributed by atoms with E-state index in [0.29, 0.717) is 6.42 Å². The fourth-order valence-corrected chi connectivity index (χ4v) is 3.40. The fourth-order valence-electron chi connectivity index (χ4n) is 2.80. The number of halogens is 3. The summed E-state index contributed by atoms with van der Waals surface area (Å²) in [7, 11) is 0. The zero-order valence-corrected chi connectivity index (χ0v) is 23.9. The van der Waals surface area contributed by atoms with Crippen molar-refractivity contribution in [2.45, 2.75) is 6.42 Å². The Kier molecular flexibility index (Phi) is 14.0. The van der Waals surface area contributed by atoms with Crippen LogP contribution in [0, 0.1) is 0 Å². The SMILES string of the molecule is Nc1ccc(Br)cc1.O=C(/C=C/c1ccccc1)Cc1ccc(Br)cc1.O=C(Cl)/C=C\c1ccccc1. The summed E-state index contributed by atoms with van der Waals surface area (Å²) in [5, 5.41) is -0.450. The molecule has 0 unspecified atom stereocenters. The highest BCUT2D eigenvalue weighted by atomic mass is 79.9. The summed E-state index contributed by atoms with van der Waals surface area (Å²) in [5.74, 6) is 0.112. The smallest absolute Gasteiger partial charge is 0.245 e. The number of hydrogen-bond donors (Lipinski definition) is 1. The molecule has 2 N–H and O–H groups in total. The number of benzene rings is 4. The predicted octanol–water partition coefficient (Wildman–Crippen LogP) is 8.77. The summed E-state index contributed by atoms with van der Waals surface area (Å²) >= 11 is 11.8. The monoisotopic (exact) mass is 637 g/mol. The summed E-state index contributed by atoms with van der Waals surface area (Å²) in [6.45, 7) is 0. The first-order valence-corrected chi connectivity index (χ1v) is 13.2. The summed E-state index contributed by atoms with van der Waals surface area (Å²) in [4.78, 5) is 22.1. The number of nitrogens with two attached hydrogens (primary N) is 1. The van der Waals surface area contributed by atoms with E-state index in [1.54, 1.807) is 12.2 Å². The molecular weight excluding hydrogens is 614 g/mol. The van der Waals surface area contributed by atoms with Gasteiger partial charge in [0.25, 0.3) is 0 Å². The van der Waals surface area contributed by atoms with E-state index in [1.165, 1.54) is 6.08 Å². The summed E-state index contributed by atoms with van der Waals surface area (Å²) in [5.41, 5.74) is 9.25. The lowest BCUT2D eigenvalue weighted by Crippen LogP contribution is -1.97. The van der Waals surface area contributed by atoms with Gasteiger partial charge in [0, 0.05) is 21.1 Å². The van der Waals surface area contributed by atoms with Crippen molar-refractivity contribution in [1.29, 1.82) is 0 Å². The van der Waals surface area contributed by atoms with E-state index in [0.717, 1.165) is 31.3 Å².